The molecule has 1 aliphatic heterocycles. The van der Waals surface area contributed by atoms with Gasteiger partial charge < -0.3 is 4.74 Å². The highest BCUT2D eigenvalue weighted by Crippen LogP contribution is 2.38. The normalized spacial score (nSPS) is 17.8. The fourth-order valence-electron chi connectivity index (χ4n) is 4.88. The molecular formula is C30H29F5O. The Labute approximate surface area is 208 Å². The standard InChI is InChI=1S/C30H29F5O/c1-3-5-7-18-8-10-20(25(31)16-18)21-11-12-22(28(33)27(21)32)23-13-14-24(30(35)29(23)34)26-15-9-19(6-4-2)17-36-26/h3,8,10-14,16,19,26H,1,4-7,9,15,17H2,2H3. The van der Waals surface area contributed by atoms with Gasteiger partial charge in [-0.15, -0.1) is 6.58 Å². The Hall–Kier alpha value is -2.99. The molecule has 3 aromatic rings. The van der Waals surface area contributed by atoms with Crippen molar-refractivity contribution in [3.63, 3.8) is 0 Å². The molecule has 2 atom stereocenters. The SMILES string of the molecule is C=CCCc1ccc(-c2ccc(-c3ccc(C4CCC(CCC)CO4)c(F)c3F)c(F)c2F)c(F)c1. The largest absolute Gasteiger partial charge is 0.373 e. The molecule has 0 aliphatic carbocycles. The summed E-state index contributed by atoms with van der Waals surface area (Å²) >= 11 is 0. The molecule has 6 heteroatoms. The third-order valence-electron chi connectivity index (χ3n) is 6.86. The van der Waals surface area contributed by atoms with Crippen LogP contribution in [0.1, 0.15) is 56.3 Å². The molecule has 3 aromatic carbocycles. The molecule has 0 spiro atoms. The maximum absolute atomic E-state index is 15.1. The number of allylic oxidation sites excluding steroid dienone is 1. The second-order valence-corrected chi connectivity index (χ2v) is 9.31. The second kappa shape index (κ2) is 11.4. The maximum Gasteiger partial charge on any atom is 0.167 e. The van der Waals surface area contributed by atoms with Crippen LogP contribution in [-0.2, 0) is 11.2 Å². The lowest BCUT2D eigenvalue weighted by molar-refractivity contribution is -0.0214. The smallest absolute Gasteiger partial charge is 0.167 e. The van der Waals surface area contributed by atoms with E-state index in [2.05, 4.69) is 13.5 Å². The van der Waals surface area contributed by atoms with E-state index in [1.54, 1.807) is 12.1 Å². The lowest BCUT2D eigenvalue weighted by atomic mass is 9.90. The van der Waals surface area contributed by atoms with Crippen LogP contribution in [0.3, 0.4) is 0 Å². The highest BCUT2D eigenvalue weighted by molar-refractivity contribution is 5.73. The van der Waals surface area contributed by atoms with E-state index in [1.165, 1.54) is 30.3 Å². The average Bonchev–Trinajstić information content (AvgIpc) is 2.88. The Morgan fingerprint density at radius 1 is 0.833 bits per heavy atom. The van der Waals surface area contributed by atoms with Crippen LogP contribution >= 0.6 is 0 Å². The van der Waals surface area contributed by atoms with Crippen LogP contribution in [0.5, 0.6) is 0 Å². The quantitative estimate of drug-likeness (QED) is 0.221. The molecule has 0 amide bonds. The zero-order valence-electron chi connectivity index (χ0n) is 20.2. The summed E-state index contributed by atoms with van der Waals surface area (Å²) in [6.45, 7) is 6.20. The average molecular weight is 501 g/mol. The van der Waals surface area contributed by atoms with Crippen LogP contribution in [0.25, 0.3) is 22.3 Å². The van der Waals surface area contributed by atoms with E-state index in [-0.39, 0.29) is 16.7 Å². The van der Waals surface area contributed by atoms with Crippen molar-refractivity contribution >= 4 is 0 Å². The van der Waals surface area contributed by atoms with E-state index >= 15 is 17.6 Å². The van der Waals surface area contributed by atoms with Gasteiger partial charge in [-0.05, 0) is 49.7 Å². The van der Waals surface area contributed by atoms with Gasteiger partial charge in [0.1, 0.15) is 5.82 Å². The summed E-state index contributed by atoms with van der Waals surface area (Å²) in [5, 5.41) is 0. The van der Waals surface area contributed by atoms with Gasteiger partial charge in [0, 0.05) is 27.8 Å². The summed E-state index contributed by atoms with van der Waals surface area (Å²) in [6, 6.07) is 9.22. The highest BCUT2D eigenvalue weighted by atomic mass is 19.2. The predicted molar refractivity (Wildman–Crippen MR) is 132 cm³/mol. The van der Waals surface area contributed by atoms with E-state index in [1.807, 2.05) is 0 Å². The van der Waals surface area contributed by atoms with Gasteiger partial charge in [0.2, 0.25) is 0 Å². The number of ether oxygens (including phenoxy) is 1. The molecule has 0 bridgehead atoms. The molecule has 0 N–H and O–H groups in total. The zero-order chi connectivity index (χ0) is 25.8. The van der Waals surface area contributed by atoms with E-state index in [9.17, 15) is 4.39 Å². The number of halogens is 5. The molecule has 0 saturated carbocycles. The third kappa shape index (κ3) is 5.24. The van der Waals surface area contributed by atoms with Crippen LogP contribution < -0.4 is 0 Å². The highest BCUT2D eigenvalue weighted by Gasteiger charge is 2.28. The second-order valence-electron chi connectivity index (χ2n) is 9.31. The van der Waals surface area contributed by atoms with Crippen LogP contribution in [0.2, 0.25) is 0 Å². The summed E-state index contributed by atoms with van der Waals surface area (Å²) in [7, 11) is 0. The fourth-order valence-corrected chi connectivity index (χ4v) is 4.88. The van der Waals surface area contributed by atoms with Gasteiger partial charge in [-0.25, -0.2) is 22.0 Å². The molecule has 1 saturated heterocycles. The molecule has 36 heavy (non-hydrogen) atoms. The molecule has 0 radical (unpaired) electrons. The van der Waals surface area contributed by atoms with Crippen molar-refractivity contribution in [2.75, 3.05) is 6.61 Å². The maximum atomic E-state index is 15.1. The number of rotatable bonds is 8. The summed E-state index contributed by atoms with van der Waals surface area (Å²) in [5.74, 6) is -5.39. The van der Waals surface area contributed by atoms with Crippen molar-refractivity contribution in [3.05, 3.63) is 95.3 Å². The topological polar surface area (TPSA) is 9.23 Å². The summed E-state index contributed by atoms with van der Waals surface area (Å²) in [5.41, 5.74) is -0.470. The summed E-state index contributed by atoms with van der Waals surface area (Å²) in [4.78, 5) is 0. The first-order valence-corrected chi connectivity index (χ1v) is 12.3. The van der Waals surface area contributed by atoms with Crippen molar-refractivity contribution in [1.82, 2.24) is 0 Å². The lowest BCUT2D eigenvalue weighted by Crippen LogP contribution is -2.21. The first-order chi connectivity index (χ1) is 17.3. The van der Waals surface area contributed by atoms with Gasteiger partial charge in [-0.2, -0.15) is 0 Å². The minimum Gasteiger partial charge on any atom is -0.373 e. The zero-order valence-corrected chi connectivity index (χ0v) is 20.2. The van der Waals surface area contributed by atoms with Crippen LogP contribution in [0, 0.1) is 35.0 Å². The van der Waals surface area contributed by atoms with Gasteiger partial charge >= 0.3 is 0 Å². The monoisotopic (exact) mass is 500 g/mol. The third-order valence-corrected chi connectivity index (χ3v) is 6.86. The summed E-state index contributed by atoms with van der Waals surface area (Å²) < 4.78 is 80.6. The molecule has 2 unspecified atom stereocenters. The molecule has 190 valence electrons. The minimum absolute atomic E-state index is 0.0716. The Morgan fingerprint density at radius 2 is 1.44 bits per heavy atom. The van der Waals surface area contributed by atoms with Crippen LogP contribution in [0.4, 0.5) is 22.0 Å². The van der Waals surface area contributed by atoms with Crippen molar-refractivity contribution in [1.29, 1.82) is 0 Å². The van der Waals surface area contributed by atoms with E-state index in [4.69, 9.17) is 4.74 Å². The molecule has 1 aliphatic rings. The van der Waals surface area contributed by atoms with Crippen molar-refractivity contribution < 1.29 is 26.7 Å². The Balaban J connectivity index is 1.62. The Bertz CT molecular complexity index is 1240. The van der Waals surface area contributed by atoms with Gasteiger partial charge in [0.05, 0.1) is 12.7 Å². The van der Waals surface area contributed by atoms with Gasteiger partial charge in [0.25, 0.3) is 0 Å². The fraction of sp³-hybridized carbons (Fsp3) is 0.333. The first-order valence-electron chi connectivity index (χ1n) is 12.3. The van der Waals surface area contributed by atoms with Gasteiger partial charge in [-0.1, -0.05) is 55.8 Å². The molecule has 1 heterocycles. The van der Waals surface area contributed by atoms with E-state index < -0.39 is 46.3 Å². The molecule has 1 fully saturated rings. The predicted octanol–water partition coefficient (Wildman–Crippen LogP) is 9.10. The molecule has 0 aromatic heterocycles. The van der Waals surface area contributed by atoms with Gasteiger partial charge in [0.15, 0.2) is 23.3 Å². The molecular weight excluding hydrogens is 471 g/mol. The molecule has 4 rings (SSSR count). The van der Waals surface area contributed by atoms with Crippen molar-refractivity contribution in [2.45, 2.75) is 51.6 Å². The van der Waals surface area contributed by atoms with Crippen molar-refractivity contribution in [3.8, 4) is 22.3 Å². The van der Waals surface area contributed by atoms with Crippen LogP contribution in [-0.4, -0.2) is 6.61 Å². The van der Waals surface area contributed by atoms with E-state index in [0.717, 1.165) is 25.3 Å². The van der Waals surface area contributed by atoms with Gasteiger partial charge in [-0.3, -0.25) is 0 Å². The Morgan fingerprint density at radius 3 is 2.03 bits per heavy atom. The number of hydrogen-bond acceptors (Lipinski definition) is 1. The number of aryl methyl sites for hydroxylation is 1. The Kier molecular flexibility index (Phi) is 8.24. The molecule has 1 nitrogen and oxygen atoms in total. The number of hydrogen-bond donors (Lipinski definition) is 0. The summed E-state index contributed by atoms with van der Waals surface area (Å²) in [6.07, 6.45) is 5.83. The van der Waals surface area contributed by atoms with Crippen molar-refractivity contribution in [2.24, 2.45) is 5.92 Å². The minimum atomic E-state index is -1.37. The van der Waals surface area contributed by atoms with Crippen LogP contribution in [0.15, 0.2) is 55.1 Å². The number of benzene rings is 3. The lowest BCUT2D eigenvalue weighted by Gasteiger charge is -2.29. The van der Waals surface area contributed by atoms with E-state index in [0.29, 0.717) is 37.4 Å². The first kappa shape index (κ1) is 26.1.